The zero-order valence-corrected chi connectivity index (χ0v) is 12.9. The molecule has 3 nitrogen and oxygen atoms in total. The van der Waals surface area contributed by atoms with Crippen LogP contribution in [0, 0.1) is 0 Å². The Labute approximate surface area is 129 Å². The topological polar surface area (TPSA) is 46.5 Å². The average Bonchev–Trinajstić information content (AvgIpc) is 2.53. The van der Waals surface area contributed by atoms with E-state index >= 15 is 0 Å². The van der Waals surface area contributed by atoms with Crippen LogP contribution >= 0.6 is 11.8 Å². The van der Waals surface area contributed by atoms with Crippen LogP contribution in [0.4, 0.5) is 0 Å². The Morgan fingerprint density at radius 3 is 2.29 bits per heavy atom. The maximum absolute atomic E-state index is 10.9. The van der Waals surface area contributed by atoms with Crippen LogP contribution in [0.5, 0.6) is 5.75 Å². The molecule has 0 saturated heterocycles. The molecule has 0 heterocycles. The van der Waals surface area contributed by atoms with Gasteiger partial charge in [-0.25, -0.2) is 0 Å². The summed E-state index contributed by atoms with van der Waals surface area (Å²) in [7, 11) is 1.65. The molecular formula is C17H18O3S. The second-order valence-electron chi connectivity index (χ2n) is 4.77. The number of carbonyl (C=O) groups is 1. The molecule has 0 spiro atoms. The van der Waals surface area contributed by atoms with Gasteiger partial charge in [-0.3, -0.25) is 4.79 Å². The molecule has 0 bridgehead atoms. The highest BCUT2D eigenvalue weighted by atomic mass is 32.2. The molecule has 0 aliphatic rings. The van der Waals surface area contributed by atoms with Gasteiger partial charge in [-0.05, 0) is 42.3 Å². The van der Waals surface area contributed by atoms with Crippen LogP contribution < -0.4 is 4.74 Å². The van der Waals surface area contributed by atoms with Gasteiger partial charge < -0.3 is 9.84 Å². The van der Waals surface area contributed by atoms with Crippen molar-refractivity contribution in [2.75, 3.05) is 7.11 Å². The molecule has 0 aliphatic carbocycles. The van der Waals surface area contributed by atoms with Crippen molar-refractivity contribution in [1.82, 2.24) is 0 Å². The van der Waals surface area contributed by atoms with Crippen LogP contribution in [0.15, 0.2) is 53.4 Å². The third kappa shape index (κ3) is 4.26. The Bertz CT molecular complexity index is 590. The molecular weight excluding hydrogens is 284 g/mol. The highest BCUT2D eigenvalue weighted by Crippen LogP contribution is 2.25. The van der Waals surface area contributed by atoms with Crippen LogP contribution in [0.3, 0.4) is 0 Å². The van der Waals surface area contributed by atoms with Crippen molar-refractivity contribution in [1.29, 1.82) is 0 Å². The van der Waals surface area contributed by atoms with Gasteiger partial charge in [-0.2, -0.15) is 0 Å². The fourth-order valence-corrected chi connectivity index (χ4v) is 2.74. The molecule has 4 heteroatoms. The number of thioether (sulfide) groups is 1. The van der Waals surface area contributed by atoms with Gasteiger partial charge in [-0.1, -0.05) is 24.3 Å². The van der Waals surface area contributed by atoms with Crippen molar-refractivity contribution in [2.24, 2.45) is 0 Å². The number of hydrogen-bond donors (Lipinski definition) is 1. The molecule has 1 N–H and O–H groups in total. The zero-order valence-electron chi connectivity index (χ0n) is 12.1. The second kappa shape index (κ2) is 7.18. The summed E-state index contributed by atoms with van der Waals surface area (Å²) in [6, 6.07) is 15.7. The Morgan fingerprint density at radius 1 is 1.14 bits per heavy atom. The number of aliphatic carboxylic acids is 1. The van der Waals surface area contributed by atoms with Crippen LogP contribution in [-0.2, 0) is 10.5 Å². The van der Waals surface area contributed by atoms with E-state index < -0.39 is 11.9 Å². The average molecular weight is 302 g/mol. The lowest BCUT2D eigenvalue weighted by Crippen LogP contribution is -2.07. The van der Waals surface area contributed by atoms with Crippen LogP contribution in [-0.4, -0.2) is 18.2 Å². The predicted molar refractivity (Wildman–Crippen MR) is 85.0 cm³/mol. The summed E-state index contributed by atoms with van der Waals surface area (Å²) in [6.07, 6.45) is 0. The molecule has 0 amide bonds. The van der Waals surface area contributed by atoms with E-state index in [2.05, 4.69) is 0 Å². The minimum Gasteiger partial charge on any atom is -0.497 e. The minimum atomic E-state index is -0.796. The lowest BCUT2D eigenvalue weighted by molar-refractivity contribution is -0.138. The maximum atomic E-state index is 10.9. The molecule has 1 atom stereocenters. The first kappa shape index (κ1) is 15.4. The SMILES string of the molecule is COc1ccc(SCc2ccc(C(C)C(=O)O)cc2)cc1. The van der Waals surface area contributed by atoms with Crippen molar-refractivity contribution in [3.8, 4) is 5.75 Å². The summed E-state index contributed by atoms with van der Waals surface area (Å²) >= 11 is 1.74. The fourth-order valence-electron chi connectivity index (χ4n) is 1.88. The van der Waals surface area contributed by atoms with Gasteiger partial charge in [0.2, 0.25) is 0 Å². The molecule has 2 aromatic carbocycles. The first-order chi connectivity index (χ1) is 10.1. The summed E-state index contributed by atoms with van der Waals surface area (Å²) < 4.78 is 5.13. The maximum Gasteiger partial charge on any atom is 0.310 e. The molecule has 2 aromatic rings. The quantitative estimate of drug-likeness (QED) is 0.813. The number of hydrogen-bond acceptors (Lipinski definition) is 3. The summed E-state index contributed by atoms with van der Waals surface area (Å²) in [5, 5.41) is 8.99. The highest BCUT2D eigenvalue weighted by Gasteiger charge is 2.12. The lowest BCUT2D eigenvalue weighted by Gasteiger charge is -2.08. The third-order valence-electron chi connectivity index (χ3n) is 3.32. The zero-order chi connectivity index (χ0) is 15.2. The van der Waals surface area contributed by atoms with Gasteiger partial charge in [-0.15, -0.1) is 11.8 Å². The largest absolute Gasteiger partial charge is 0.497 e. The predicted octanol–water partition coefficient (Wildman–Crippen LogP) is 4.18. The van der Waals surface area contributed by atoms with E-state index in [1.807, 2.05) is 48.5 Å². The van der Waals surface area contributed by atoms with E-state index in [4.69, 9.17) is 9.84 Å². The highest BCUT2D eigenvalue weighted by molar-refractivity contribution is 7.98. The normalized spacial score (nSPS) is 11.9. The molecule has 0 saturated carbocycles. The number of carboxylic acids is 1. The van der Waals surface area contributed by atoms with Crippen LogP contribution in [0.25, 0.3) is 0 Å². The number of benzene rings is 2. The van der Waals surface area contributed by atoms with E-state index in [1.54, 1.807) is 25.8 Å². The second-order valence-corrected chi connectivity index (χ2v) is 5.81. The number of carboxylic acid groups (broad SMARTS) is 1. The van der Waals surface area contributed by atoms with Crippen molar-refractivity contribution in [3.05, 3.63) is 59.7 Å². The molecule has 0 fully saturated rings. The summed E-state index contributed by atoms with van der Waals surface area (Å²) in [5.74, 6) is 0.448. The van der Waals surface area contributed by atoms with Gasteiger partial charge in [0.05, 0.1) is 13.0 Å². The van der Waals surface area contributed by atoms with Gasteiger partial charge in [0.1, 0.15) is 5.75 Å². The van der Waals surface area contributed by atoms with Crippen molar-refractivity contribution in [2.45, 2.75) is 23.5 Å². The standard InChI is InChI=1S/C17H18O3S/c1-12(17(18)19)14-5-3-13(4-6-14)11-21-16-9-7-15(20-2)8-10-16/h3-10,12H,11H2,1-2H3,(H,18,19). The molecule has 21 heavy (non-hydrogen) atoms. The van der Waals surface area contributed by atoms with E-state index in [1.165, 1.54) is 10.5 Å². The first-order valence-corrected chi connectivity index (χ1v) is 7.67. The fraction of sp³-hybridized carbons (Fsp3) is 0.235. The van der Waals surface area contributed by atoms with Crippen molar-refractivity contribution < 1.29 is 14.6 Å². The summed E-state index contributed by atoms with van der Waals surface area (Å²) in [4.78, 5) is 12.1. The number of ether oxygens (including phenoxy) is 1. The Kier molecular flexibility index (Phi) is 5.28. The van der Waals surface area contributed by atoms with Crippen molar-refractivity contribution in [3.63, 3.8) is 0 Å². The van der Waals surface area contributed by atoms with Gasteiger partial charge >= 0.3 is 5.97 Å². The Morgan fingerprint density at radius 2 is 1.76 bits per heavy atom. The van der Waals surface area contributed by atoms with Gasteiger partial charge in [0.15, 0.2) is 0 Å². The summed E-state index contributed by atoms with van der Waals surface area (Å²) in [6.45, 7) is 1.70. The van der Waals surface area contributed by atoms with E-state index in [-0.39, 0.29) is 0 Å². The Balaban J connectivity index is 1.95. The van der Waals surface area contributed by atoms with Gasteiger partial charge in [0.25, 0.3) is 0 Å². The Hall–Kier alpha value is -1.94. The number of rotatable bonds is 6. The molecule has 2 rings (SSSR count). The smallest absolute Gasteiger partial charge is 0.310 e. The molecule has 0 aromatic heterocycles. The van der Waals surface area contributed by atoms with Crippen molar-refractivity contribution >= 4 is 17.7 Å². The monoisotopic (exact) mass is 302 g/mol. The number of methoxy groups -OCH3 is 1. The molecule has 0 radical (unpaired) electrons. The first-order valence-electron chi connectivity index (χ1n) is 6.68. The van der Waals surface area contributed by atoms with E-state index in [0.29, 0.717) is 0 Å². The van der Waals surface area contributed by atoms with Gasteiger partial charge in [0, 0.05) is 10.6 Å². The third-order valence-corrected chi connectivity index (χ3v) is 4.40. The summed E-state index contributed by atoms with van der Waals surface area (Å²) in [5.41, 5.74) is 2.01. The lowest BCUT2D eigenvalue weighted by atomic mass is 10.0. The van der Waals surface area contributed by atoms with Crippen LogP contribution in [0.1, 0.15) is 24.0 Å². The van der Waals surface area contributed by atoms with Crippen LogP contribution in [0.2, 0.25) is 0 Å². The minimum absolute atomic E-state index is 0.465. The molecule has 110 valence electrons. The molecule has 1 unspecified atom stereocenters. The van der Waals surface area contributed by atoms with E-state index in [9.17, 15) is 4.79 Å². The van der Waals surface area contributed by atoms with E-state index in [0.717, 1.165) is 17.1 Å². The molecule has 0 aliphatic heterocycles.